The summed E-state index contributed by atoms with van der Waals surface area (Å²) in [5.74, 6) is 0.862. The quantitative estimate of drug-likeness (QED) is 0.829. The molecule has 2 fully saturated rings. The van der Waals surface area contributed by atoms with Crippen molar-refractivity contribution in [3.05, 3.63) is 23.8 Å². The highest BCUT2D eigenvalue weighted by Gasteiger charge is 2.20. The zero-order valence-electron chi connectivity index (χ0n) is 14.0. The van der Waals surface area contributed by atoms with Crippen LogP contribution >= 0.6 is 0 Å². The van der Waals surface area contributed by atoms with Gasteiger partial charge in [0.25, 0.3) is 5.91 Å². The number of piperidine rings is 1. The van der Waals surface area contributed by atoms with E-state index in [0.29, 0.717) is 11.3 Å². The molecule has 1 aromatic rings. The van der Waals surface area contributed by atoms with Crippen molar-refractivity contribution in [1.29, 1.82) is 0 Å². The minimum absolute atomic E-state index is 0.0843. The predicted octanol–water partition coefficient (Wildman–Crippen LogP) is 3.89. The zero-order chi connectivity index (χ0) is 16.1. The standard InChI is InChI=1S/C19H29N3O/c20-18-13-16(21-14-15-7-3-1-4-8-15)9-10-17(18)19(23)22-11-5-2-6-12-22/h9-10,13,15,21H,1-8,11-12,14,20H2. The van der Waals surface area contributed by atoms with Gasteiger partial charge in [-0.2, -0.15) is 0 Å². The molecule has 2 aliphatic rings. The molecule has 0 radical (unpaired) electrons. The van der Waals surface area contributed by atoms with E-state index in [1.54, 1.807) is 0 Å². The highest BCUT2D eigenvalue weighted by atomic mass is 16.2. The molecule has 1 saturated heterocycles. The SMILES string of the molecule is Nc1cc(NCC2CCCCC2)ccc1C(=O)N1CCCCC1. The van der Waals surface area contributed by atoms with Crippen LogP contribution in [-0.4, -0.2) is 30.4 Å². The molecule has 1 heterocycles. The molecule has 1 saturated carbocycles. The maximum atomic E-state index is 12.6. The molecule has 3 rings (SSSR count). The Morgan fingerprint density at radius 3 is 2.48 bits per heavy atom. The van der Waals surface area contributed by atoms with Crippen molar-refractivity contribution >= 4 is 17.3 Å². The molecule has 1 aliphatic carbocycles. The number of hydrogen-bond donors (Lipinski definition) is 2. The largest absolute Gasteiger partial charge is 0.398 e. The Kier molecular flexibility index (Phi) is 5.42. The minimum atomic E-state index is 0.0843. The molecule has 4 nitrogen and oxygen atoms in total. The summed E-state index contributed by atoms with van der Waals surface area (Å²) in [7, 11) is 0. The average molecular weight is 315 g/mol. The van der Waals surface area contributed by atoms with Gasteiger partial charge in [-0.25, -0.2) is 0 Å². The first-order valence-electron chi connectivity index (χ1n) is 9.17. The number of rotatable bonds is 4. The fourth-order valence-corrected chi connectivity index (χ4v) is 3.79. The van der Waals surface area contributed by atoms with Gasteiger partial charge in [-0.15, -0.1) is 0 Å². The fraction of sp³-hybridized carbons (Fsp3) is 0.632. The highest BCUT2D eigenvalue weighted by molar-refractivity contribution is 5.99. The van der Waals surface area contributed by atoms with Crippen LogP contribution in [0.1, 0.15) is 61.7 Å². The smallest absolute Gasteiger partial charge is 0.255 e. The summed E-state index contributed by atoms with van der Waals surface area (Å²) >= 11 is 0. The molecule has 0 bridgehead atoms. The van der Waals surface area contributed by atoms with Crippen LogP contribution < -0.4 is 11.1 Å². The molecular formula is C19H29N3O. The molecule has 23 heavy (non-hydrogen) atoms. The number of carbonyl (C=O) groups excluding carboxylic acids is 1. The number of nitrogens with two attached hydrogens (primary N) is 1. The minimum Gasteiger partial charge on any atom is -0.398 e. The van der Waals surface area contributed by atoms with Crippen LogP contribution in [0.4, 0.5) is 11.4 Å². The Balaban J connectivity index is 1.59. The Morgan fingerprint density at radius 2 is 1.78 bits per heavy atom. The molecule has 3 N–H and O–H groups in total. The lowest BCUT2D eigenvalue weighted by Gasteiger charge is -2.27. The fourth-order valence-electron chi connectivity index (χ4n) is 3.79. The molecule has 1 aromatic carbocycles. The molecule has 0 spiro atoms. The van der Waals surface area contributed by atoms with Crippen LogP contribution in [-0.2, 0) is 0 Å². The van der Waals surface area contributed by atoms with Gasteiger partial charge in [0.1, 0.15) is 0 Å². The van der Waals surface area contributed by atoms with E-state index in [9.17, 15) is 4.79 Å². The number of nitrogens with one attached hydrogen (secondary N) is 1. The van der Waals surface area contributed by atoms with Crippen LogP contribution in [0.15, 0.2) is 18.2 Å². The zero-order valence-corrected chi connectivity index (χ0v) is 14.0. The number of carbonyl (C=O) groups is 1. The summed E-state index contributed by atoms with van der Waals surface area (Å²) in [5, 5.41) is 3.50. The summed E-state index contributed by atoms with van der Waals surface area (Å²) in [6, 6.07) is 5.80. The van der Waals surface area contributed by atoms with Gasteiger partial charge in [0.15, 0.2) is 0 Å². The molecule has 0 atom stereocenters. The van der Waals surface area contributed by atoms with Gasteiger partial charge < -0.3 is 16.0 Å². The Hall–Kier alpha value is -1.71. The number of nitrogen functional groups attached to an aromatic ring is 1. The first-order valence-corrected chi connectivity index (χ1v) is 9.17. The van der Waals surface area contributed by atoms with Gasteiger partial charge in [0, 0.05) is 31.0 Å². The van der Waals surface area contributed by atoms with Crippen LogP contribution in [0.3, 0.4) is 0 Å². The highest BCUT2D eigenvalue weighted by Crippen LogP contribution is 2.25. The second-order valence-electron chi connectivity index (χ2n) is 7.04. The van der Waals surface area contributed by atoms with Crippen molar-refractivity contribution < 1.29 is 4.79 Å². The average Bonchev–Trinajstić information content (AvgIpc) is 2.61. The summed E-state index contributed by atoms with van der Waals surface area (Å²) in [4.78, 5) is 14.5. The van der Waals surface area contributed by atoms with Crippen molar-refractivity contribution in [2.45, 2.75) is 51.4 Å². The van der Waals surface area contributed by atoms with E-state index in [2.05, 4.69) is 5.32 Å². The van der Waals surface area contributed by atoms with Crippen molar-refractivity contribution in [3.63, 3.8) is 0 Å². The van der Waals surface area contributed by atoms with Gasteiger partial charge >= 0.3 is 0 Å². The third-order valence-corrected chi connectivity index (χ3v) is 5.24. The molecular weight excluding hydrogens is 286 g/mol. The Bertz CT molecular complexity index is 531. The van der Waals surface area contributed by atoms with E-state index in [-0.39, 0.29) is 5.91 Å². The van der Waals surface area contributed by atoms with Gasteiger partial charge in [0.2, 0.25) is 0 Å². The summed E-state index contributed by atoms with van der Waals surface area (Å²) in [6.07, 6.45) is 10.2. The first-order chi connectivity index (χ1) is 11.2. The Labute approximate surface area is 139 Å². The third-order valence-electron chi connectivity index (χ3n) is 5.24. The third kappa shape index (κ3) is 4.18. The van der Waals surface area contributed by atoms with Gasteiger partial charge in [-0.3, -0.25) is 4.79 Å². The van der Waals surface area contributed by atoms with E-state index >= 15 is 0 Å². The summed E-state index contributed by atoms with van der Waals surface area (Å²) < 4.78 is 0. The lowest BCUT2D eigenvalue weighted by molar-refractivity contribution is 0.0725. The number of benzene rings is 1. The summed E-state index contributed by atoms with van der Waals surface area (Å²) in [6.45, 7) is 2.73. The monoisotopic (exact) mass is 315 g/mol. The first kappa shape index (κ1) is 16.2. The van der Waals surface area contributed by atoms with Crippen molar-refractivity contribution in [3.8, 4) is 0 Å². The number of hydrogen-bond acceptors (Lipinski definition) is 3. The maximum Gasteiger partial charge on any atom is 0.255 e. The van der Waals surface area contributed by atoms with E-state index < -0.39 is 0 Å². The second kappa shape index (κ2) is 7.71. The van der Waals surface area contributed by atoms with Gasteiger partial charge in [-0.1, -0.05) is 19.3 Å². The van der Waals surface area contributed by atoms with Crippen molar-refractivity contribution in [1.82, 2.24) is 4.90 Å². The van der Waals surface area contributed by atoms with Crippen LogP contribution in [0.5, 0.6) is 0 Å². The number of anilines is 2. The number of likely N-dealkylation sites (tertiary alicyclic amines) is 1. The molecule has 0 unspecified atom stereocenters. The van der Waals surface area contributed by atoms with Crippen LogP contribution in [0.2, 0.25) is 0 Å². The van der Waals surface area contributed by atoms with Crippen LogP contribution in [0, 0.1) is 5.92 Å². The number of amides is 1. The Morgan fingerprint density at radius 1 is 1.09 bits per heavy atom. The van der Waals surface area contributed by atoms with Gasteiger partial charge in [0.05, 0.1) is 5.56 Å². The lowest BCUT2D eigenvalue weighted by Crippen LogP contribution is -2.36. The molecule has 1 aliphatic heterocycles. The topological polar surface area (TPSA) is 58.4 Å². The molecule has 0 aromatic heterocycles. The summed E-state index contributed by atoms with van der Waals surface area (Å²) in [5.41, 5.74) is 8.42. The maximum absolute atomic E-state index is 12.6. The van der Waals surface area contributed by atoms with E-state index in [0.717, 1.165) is 44.1 Å². The second-order valence-corrected chi connectivity index (χ2v) is 7.04. The normalized spacial score (nSPS) is 19.6. The van der Waals surface area contributed by atoms with E-state index in [1.165, 1.54) is 38.5 Å². The lowest BCUT2D eigenvalue weighted by atomic mass is 9.89. The van der Waals surface area contributed by atoms with E-state index in [4.69, 9.17) is 5.73 Å². The number of nitrogens with zero attached hydrogens (tertiary/aromatic N) is 1. The molecule has 126 valence electrons. The van der Waals surface area contributed by atoms with Crippen molar-refractivity contribution in [2.75, 3.05) is 30.7 Å². The molecule has 4 heteroatoms. The molecule has 1 amide bonds. The van der Waals surface area contributed by atoms with Crippen LogP contribution in [0.25, 0.3) is 0 Å². The van der Waals surface area contributed by atoms with Gasteiger partial charge in [-0.05, 0) is 56.2 Å². The van der Waals surface area contributed by atoms with Crippen molar-refractivity contribution in [2.24, 2.45) is 5.92 Å². The predicted molar refractivity (Wildman–Crippen MR) is 95.7 cm³/mol. The van der Waals surface area contributed by atoms with E-state index in [1.807, 2.05) is 23.1 Å².